The normalized spacial score (nSPS) is 14.0. The van der Waals surface area contributed by atoms with Crippen LogP contribution in [0.25, 0.3) is 5.69 Å². The van der Waals surface area contributed by atoms with Gasteiger partial charge in [-0.25, -0.2) is 9.07 Å². The largest absolute Gasteiger partial charge is 0.435 e. The van der Waals surface area contributed by atoms with Crippen molar-refractivity contribution in [2.45, 2.75) is 25.1 Å². The van der Waals surface area contributed by atoms with Crippen molar-refractivity contribution in [3.63, 3.8) is 0 Å². The molecule has 3 aromatic carbocycles. The molecule has 0 radical (unpaired) electrons. The fourth-order valence-corrected chi connectivity index (χ4v) is 4.36. The fraction of sp³-hybridized carbons (Fsp3) is 0.207. The number of benzene rings is 3. The number of alkyl halides is 3. The van der Waals surface area contributed by atoms with Crippen LogP contribution in [-0.2, 0) is 11.0 Å². The van der Waals surface area contributed by atoms with Crippen LogP contribution in [0.15, 0.2) is 78.9 Å². The van der Waals surface area contributed by atoms with E-state index in [1.54, 1.807) is 6.07 Å². The van der Waals surface area contributed by atoms with Crippen LogP contribution in [0, 0.1) is 11.7 Å². The Morgan fingerprint density at radius 2 is 1.77 bits per heavy atom. The first-order valence-corrected chi connectivity index (χ1v) is 12.6. The molecule has 1 aliphatic carbocycles. The maximum absolute atomic E-state index is 14.9. The second kappa shape index (κ2) is 11.3. The van der Waals surface area contributed by atoms with Crippen LogP contribution in [-0.4, -0.2) is 28.6 Å². The molecule has 0 saturated heterocycles. The van der Waals surface area contributed by atoms with E-state index in [2.05, 4.69) is 21.0 Å². The molecule has 1 fully saturated rings. The molecular weight excluding hydrogens is 526 g/mol. The number of anilines is 2. The zero-order chi connectivity index (χ0) is 28.3. The van der Waals surface area contributed by atoms with Gasteiger partial charge in [-0.3, -0.25) is 9.59 Å². The van der Waals surface area contributed by atoms with E-state index < -0.39 is 29.3 Å². The van der Waals surface area contributed by atoms with Crippen LogP contribution < -0.4 is 16.0 Å². The van der Waals surface area contributed by atoms with Crippen molar-refractivity contribution in [3.05, 3.63) is 107 Å². The van der Waals surface area contributed by atoms with Crippen LogP contribution in [0.1, 0.15) is 46.2 Å². The van der Waals surface area contributed by atoms with E-state index in [-0.39, 0.29) is 23.1 Å². The Balaban J connectivity index is 1.48. The first-order chi connectivity index (χ1) is 19.2. The third-order valence-electron chi connectivity index (χ3n) is 6.56. The van der Waals surface area contributed by atoms with Gasteiger partial charge in [0.25, 0.3) is 5.91 Å². The number of nitrogens with one attached hydrogen (secondary N) is 3. The molecule has 11 heteroatoms. The Morgan fingerprint density at radius 1 is 1.00 bits per heavy atom. The van der Waals surface area contributed by atoms with Gasteiger partial charge in [0.1, 0.15) is 11.5 Å². The van der Waals surface area contributed by atoms with E-state index in [1.807, 2.05) is 30.3 Å². The summed E-state index contributed by atoms with van der Waals surface area (Å²) in [4.78, 5) is 24.1. The molecule has 40 heavy (non-hydrogen) atoms. The lowest BCUT2D eigenvalue weighted by Crippen LogP contribution is -2.25. The molecule has 3 N–H and O–H groups in total. The number of aromatic nitrogens is 2. The van der Waals surface area contributed by atoms with Gasteiger partial charge in [-0.05, 0) is 66.8 Å². The van der Waals surface area contributed by atoms with Gasteiger partial charge in [0.05, 0.1) is 17.4 Å². The standard InChI is InChI=1S/C29H25F4N5O2/c30-23-12-11-20(27(34-16-18-9-10-18)19-5-2-1-3-6-19)13-24(23)36-28(40)25-15-26(29(31,32)33)37-38(25)22-8-4-7-21(14-22)35-17-39/h1-8,11-15,17-18,27,34H,9-10,16H2,(H,35,39)(H,36,40). The highest BCUT2D eigenvalue weighted by Gasteiger charge is 2.36. The third-order valence-corrected chi connectivity index (χ3v) is 6.56. The Bertz CT molecular complexity index is 1520. The van der Waals surface area contributed by atoms with Crippen LogP contribution >= 0.6 is 0 Å². The maximum atomic E-state index is 14.9. The lowest BCUT2D eigenvalue weighted by atomic mass is 9.97. The predicted molar refractivity (Wildman–Crippen MR) is 142 cm³/mol. The average Bonchev–Trinajstić information content (AvgIpc) is 3.64. The summed E-state index contributed by atoms with van der Waals surface area (Å²) < 4.78 is 56.4. The number of hydrogen-bond donors (Lipinski definition) is 3. The molecule has 1 aliphatic rings. The molecule has 2 amide bonds. The van der Waals surface area contributed by atoms with E-state index in [9.17, 15) is 27.2 Å². The zero-order valence-corrected chi connectivity index (χ0v) is 21.1. The van der Waals surface area contributed by atoms with E-state index in [1.165, 1.54) is 36.4 Å². The van der Waals surface area contributed by atoms with Crippen LogP contribution in [0.2, 0.25) is 0 Å². The summed E-state index contributed by atoms with van der Waals surface area (Å²) in [6.07, 6.45) is -2.14. The summed E-state index contributed by atoms with van der Waals surface area (Å²) in [5.41, 5.74) is 0.0575. The fourth-order valence-electron chi connectivity index (χ4n) is 4.36. The van der Waals surface area contributed by atoms with Gasteiger partial charge in [0, 0.05) is 11.8 Å². The van der Waals surface area contributed by atoms with Crippen molar-refractivity contribution in [3.8, 4) is 5.69 Å². The van der Waals surface area contributed by atoms with Crippen LogP contribution in [0.3, 0.4) is 0 Å². The molecule has 1 aromatic heterocycles. The van der Waals surface area contributed by atoms with Gasteiger partial charge >= 0.3 is 6.18 Å². The second-order valence-corrected chi connectivity index (χ2v) is 9.53. The molecule has 1 atom stereocenters. The number of nitrogens with zero attached hydrogens (tertiary/aromatic N) is 2. The molecule has 7 nitrogen and oxygen atoms in total. The van der Waals surface area contributed by atoms with E-state index in [0.29, 0.717) is 24.0 Å². The monoisotopic (exact) mass is 551 g/mol. The number of amides is 2. The van der Waals surface area contributed by atoms with Gasteiger partial charge in [0.2, 0.25) is 6.41 Å². The molecule has 4 aromatic rings. The minimum Gasteiger partial charge on any atom is -0.329 e. The quantitative estimate of drug-likeness (QED) is 0.168. The predicted octanol–water partition coefficient (Wildman–Crippen LogP) is 5.94. The van der Waals surface area contributed by atoms with Crippen molar-refractivity contribution in [1.82, 2.24) is 15.1 Å². The summed E-state index contributed by atoms with van der Waals surface area (Å²) in [6.45, 7) is 0.774. The molecule has 0 aliphatic heterocycles. The summed E-state index contributed by atoms with van der Waals surface area (Å²) in [5.74, 6) is -1.16. The van der Waals surface area contributed by atoms with E-state index in [4.69, 9.17) is 0 Å². The minimum atomic E-state index is -4.83. The minimum absolute atomic E-state index is 0.0927. The van der Waals surface area contributed by atoms with Gasteiger partial charge in [0.15, 0.2) is 5.69 Å². The van der Waals surface area contributed by atoms with Gasteiger partial charge in [-0.1, -0.05) is 42.5 Å². The second-order valence-electron chi connectivity index (χ2n) is 9.53. The molecule has 0 spiro atoms. The Kier molecular flexibility index (Phi) is 7.65. The topological polar surface area (TPSA) is 88.0 Å². The lowest BCUT2D eigenvalue weighted by molar-refractivity contribution is -0.141. The molecule has 0 bridgehead atoms. The van der Waals surface area contributed by atoms with Crippen molar-refractivity contribution >= 4 is 23.7 Å². The van der Waals surface area contributed by atoms with Gasteiger partial charge < -0.3 is 16.0 Å². The summed E-state index contributed by atoms with van der Waals surface area (Å²) in [5, 5.41) is 11.9. The Morgan fingerprint density at radius 3 is 2.48 bits per heavy atom. The number of hydrogen-bond acceptors (Lipinski definition) is 4. The number of halogens is 4. The molecule has 5 rings (SSSR count). The molecule has 206 valence electrons. The van der Waals surface area contributed by atoms with Crippen LogP contribution in [0.5, 0.6) is 0 Å². The number of carbonyl (C=O) groups is 2. The highest BCUT2D eigenvalue weighted by Crippen LogP contribution is 2.32. The van der Waals surface area contributed by atoms with Crippen molar-refractivity contribution in [1.29, 1.82) is 0 Å². The summed E-state index contributed by atoms with van der Waals surface area (Å²) >= 11 is 0. The van der Waals surface area contributed by atoms with Crippen molar-refractivity contribution < 1.29 is 27.2 Å². The summed E-state index contributed by atoms with van der Waals surface area (Å²) in [6, 6.07) is 20.0. The van der Waals surface area contributed by atoms with Crippen molar-refractivity contribution in [2.75, 3.05) is 17.2 Å². The van der Waals surface area contributed by atoms with Crippen molar-refractivity contribution in [2.24, 2.45) is 5.92 Å². The average molecular weight is 552 g/mol. The number of rotatable bonds is 10. The van der Waals surface area contributed by atoms with Crippen LogP contribution in [0.4, 0.5) is 28.9 Å². The van der Waals surface area contributed by atoms with Gasteiger partial charge in [-0.15, -0.1) is 0 Å². The molecule has 1 unspecified atom stereocenters. The Hall–Kier alpha value is -4.51. The maximum Gasteiger partial charge on any atom is 0.435 e. The SMILES string of the molecule is O=CNc1cccc(-n2nc(C(F)(F)F)cc2C(=O)Nc2cc(C(NCC3CC3)c3ccccc3)ccc2F)c1. The highest BCUT2D eigenvalue weighted by molar-refractivity contribution is 6.03. The molecular formula is C29H25F4N5O2. The molecule has 1 heterocycles. The third kappa shape index (κ3) is 6.20. The van der Waals surface area contributed by atoms with E-state index >= 15 is 0 Å². The first kappa shape index (κ1) is 27.1. The first-order valence-electron chi connectivity index (χ1n) is 12.6. The smallest absolute Gasteiger partial charge is 0.329 e. The van der Waals surface area contributed by atoms with Gasteiger partial charge in [-0.2, -0.15) is 18.3 Å². The molecule has 1 saturated carbocycles. The van der Waals surface area contributed by atoms with E-state index in [0.717, 1.165) is 29.6 Å². The lowest BCUT2D eigenvalue weighted by Gasteiger charge is -2.21. The zero-order valence-electron chi connectivity index (χ0n) is 21.1. The highest BCUT2D eigenvalue weighted by atomic mass is 19.4. The summed E-state index contributed by atoms with van der Waals surface area (Å²) in [7, 11) is 0. The Labute approximate surface area is 227 Å². The number of carbonyl (C=O) groups excluding carboxylic acids is 2.